The minimum Gasteiger partial charge on any atom is -0.743 e. The molecule has 0 N–H and O–H groups in total. The number of sulfone groups is 1. The SMILES string of the molecule is CC12CCC(C1(C)C)C([S+](c1ccccc1)c1ccc(-c3ccc(S(C)(=O)=O)cc3)cc1)(S(=O)(=O)[O-])C2=O. The van der Waals surface area contributed by atoms with Crippen LogP contribution in [0.25, 0.3) is 11.1 Å². The van der Waals surface area contributed by atoms with Gasteiger partial charge in [-0.05, 0) is 77.9 Å². The van der Waals surface area contributed by atoms with Gasteiger partial charge >= 0.3 is 0 Å². The lowest BCUT2D eigenvalue weighted by Gasteiger charge is -2.38. The van der Waals surface area contributed by atoms with Crippen LogP contribution in [0.15, 0.2) is 93.5 Å². The molecule has 0 aliphatic heterocycles. The van der Waals surface area contributed by atoms with Gasteiger partial charge in [0, 0.05) is 17.6 Å². The second kappa shape index (κ2) is 8.78. The van der Waals surface area contributed by atoms with E-state index < -0.39 is 57.5 Å². The number of hydrogen-bond donors (Lipinski definition) is 0. The van der Waals surface area contributed by atoms with Crippen molar-refractivity contribution in [3.05, 3.63) is 78.9 Å². The minimum absolute atomic E-state index is 0.219. The highest BCUT2D eigenvalue weighted by Gasteiger charge is 2.83. The molecule has 4 unspecified atom stereocenters. The molecular weight excluding hydrogens is 541 g/mol. The Kier molecular flexibility index (Phi) is 6.26. The first-order valence-electron chi connectivity index (χ1n) is 12.4. The van der Waals surface area contributed by atoms with Crippen molar-refractivity contribution in [2.75, 3.05) is 6.26 Å². The van der Waals surface area contributed by atoms with Crippen LogP contribution in [-0.4, -0.2) is 37.5 Å². The number of fused-ring (bicyclic) bond motifs is 2. The monoisotopic (exact) mass is 570 g/mol. The molecule has 3 aromatic rings. The Labute approximate surface area is 227 Å². The van der Waals surface area contributed by atoms with E-state index >= 15 is 0 Å². The quantitative estimate of drug-likeness (QED) is 0.303. The summed E-state index contributed by atoms with van der Waals surface area (Å²) < 4.78 is 61.6. The summed E-state index contributed by atoms with van der Waals surface area (Å²) in [7, 11) is -9.76. The van der Waals surface area contributed by atoms with Crippen LogP contribution in [-0.2, 0) is 35.6 Å². The van der Waals surface area contributed by atoms with Crippen LogP contribution in [0, 0.1) is 16.7 Å². The topological polar surface area (TPSA) is 108 Å². The summed E-state index contributed by atoms with van der Waals surface area (Å²) in [6.45, 7) is 5.66. The summed E-state index contributed by atoms with van der Waals surface area (Å²) >= 11 is 0. The molecule has 2 aliphatic carbocycles. The van der Waals surface area contributed by atoms with Crippen LogP contribution in [0.3, 0.4) is 0 Å². The van der Waals surface area contributed by atoms with Gasteiger partial charge in [0.1, 0.15) is 0 Å². The predicted octanol–water partition coefficient (Wildman–Crippen LogP) is 5.06. The lowest BCUT2D eigenvalue weighted by molar-refractivity contribution is -0.128. The molecule has 2 saturated carbocycles. The molecule has 2 bridgehead atoms. The van der Waals surface area contributed by atoms with E-state index in [2.05, 4.69) is 0 Å². The number of benzene rings is 3. The van der Waals surface area contributed by atoms with E-state index in [1.54, 1.807) is 60.7 Å². The zero-order valence-electron chi connectivity index (χ0n) is 21.7. The number of Topliss-reactive ketones (excluding diaryl/α,β-unsaturated/α-hetero) is 1. The Morgan fingerprint density at radius 3 is 1.74 bits per heavy atom. The average Bonchev–Trinajstić information content (AvgIpc) is 3.17. The Bertz CT molecular complexity index is 1610. The summed E-state index contributed by atoms with van der Waals surface area (Å²) in [6, 6.07) is 22.7. The highest BCUT2D eigenvalue weighted by Crippen LogP contribution is 2.71. The zero-order valence-corrected chi connectivity index (χ0v) is 24.1. The van der Waals surface area contributed by atoms with Gasteiger partial charge in [0.2, 0.25) is 5.78 Å². The van der Waals surface area contributed by atoms with Crippen molar-refractivity contribution >= 4 is 36.6 Å². The molecule has 38 heavy (non-hydrogen) atoms. The van der Waals surface area contributed by atoms with Crippen molar-refractivity contribution in [2.45, 2.75) is 52.4 Å². The predicted molar refractivity (Wildman–Crippen MR) is 147 cm³/mol. The molecule has 0 aromatic heterocycles. The fourth-order valence-electron chi connectivity index (χ4n) is 6.46. The summed E-state index contributed by atoms with van der Waals surface area (Å²) in [4.78, 5) is 15.7. The number of carbonyl (C=O) groups is 1. The maximum absolute atomic E-state index is 14.2. The van der Waals surface area contributed by atoms with E-state index in [1.165, 1.54) is 0 Å². The molecule has 0 radical (unpaired) electrons. The molecule has 0 spiro atoms. The molecule has 0 heterocycles. The first-order valence-corrected chi connectivity index (χ1v) is 16.9. The maximum Gasteiger partial charge on any atom is 0.286 e. The van der Waals surface area contributed by atoms with Gasteiger partial charge in [-0.2, -0.15) is 0 Å². The van der Waals surface area contributed by atoms with E-state index in [9.17, 15) is 26.2 Å². The van der Waals surface area contributed by atoms with E-state index in [4.69, 9.17) is 0 Å². The number of carbonyl (C=O) groups excluding carboxylic acids is 1. The molecule has 0 saturated heterocycles. The van der Waals surface area contributed by atoms with Crippen molar-refractivity contribution < 1.29 is 26.2 Å². The molecule has 0 amide bonds. The van der Waals surface area contributed by atoms with Crippen molar-refractivity contribution in [3.8, 4) is 11.1 Å². The van der Waals surface area contributed by atoms with Gasteiger partial charge in [0.05, 0.1) is 15.8 Å². The smallest absolute Gasteiger partial charge is 0.286 e. The molecule has 6 nitrogen and oxygen atoms in total. The lowest BCUT2D eigenvalue weighted by atomic mass is 9.70. The van der Waals surface area contributed by atoms with Gasteiger partial charge in [0.25, 0.3) is 4.08 Å². The van der Waals surface area contributed by atoms with Crippen molar-refractivity contribution in [3.63, 3.8) is 0 Å². The number of hydrogen-bond acceptors (Lipinski definition) is 6. The third kappa shape index (κ3) is 3.73. The van der Waals surface area contributed by atoms with Gasteiger partial charge in [-0.15, -0.1) is 0 Å². The van der Waals surface area contributed by atoms with Crippen LogP contribution in [0.2, 0.25) is 0 Å². The highest BCUT2D eigenvalue weighted by molar-refractivity contribution is 8.12. The molecule has 3 aromatic carbocycles. The highest BCUT2D eigenvalue weighted by atomic mass is 32.3. The van der Waals surface area contributed by atoms with Crippen molar-refractivity contribution in [2.24, 2.45) is 16.7 Å². The third-order valence-electron chi connectivity index (χ3n) is 8.86. The van der Waals surface area contributed by atoms with Gasteiger partial charge < -0.3 is 4.55 Å². The van der Waals surface area contributed by atoms with Crippen LogP contribution < -0.4 is 0 Å². The van der Waals surface area contributed by atoms with E-state index in [0.717, 1.165) is 17.4 Å². The molecule has 4 atom stereocenters. The Morgan fingerprint density at radius 2 is 1.29 bits per heavy atom. The summed E-state index contributed by atoms with van der Waals surface area (Å²) in [5.41, 5.74) is 0.0367. The second-order valence-corrected chi connectivity index (χ2v) is 17.1. The van der Waals surface area contributed by atoms with Gasteiger partial charge in [-0.3, -0.25) is 4.79 Å². The third-order valence-corrected chi connectivity index (χ3v) is 14.9. The van der Waals surface area contributed by atoms with Crippen molar-refractivity contribution in [1.82, 2.24) is 0 Å². The van der Waals surface area contributed by atoms with E-state index in [-0.39, 0.29) is 4.90 Å². The average molecular weight is 571 g/mol. The first-order chi connectivity index (χ1) is 17.7. The Balaban J connectivity index is 1.68. The summed E-state index contributed by atoms with van der Waals surface area (Å²) in [5.74, 6) is -1.07. The van der Waals surface area contributed by atoms with Crippen LogP contribution in [0.1, 0.15) is 33.6 Å². The minimum atomic E-state index is -5.07. The van der Waals surface area contributed by atoms with Gasteiger partial charge in [-0.25, -0.2) is 16.8 Å². The second-order valence-electron chi connectivity index (χ2n) is 11.0. The molecule has 2 fully saturated rings. The van der Waals surface area contributed by atoms with E-state index in [0.29, 0.717) is 22.6 Å². The number of ketones is 1. The van der Waals surface area contributed by atoms with Gasteiger partial charge in [0.15, 0.2) is 29.7 Å². The summed E-state index contributed by atoms with van der Waals surface area (Å²) in [5, 5.41) is 0. The van der Waals surface area contributed by atoms with Crippen LogP contribution in [0.4, 0.5) is 0 Å². The fraction of sp³-hybridized carbons (Fsp3) is 0.345. The Hall–Kier alpha value is -2.46. The summed E-state index contributed by atoms with van der Waals surface area (Å²) in [6.07, 6.45) is 2.22. The largest absolute Gasteiger partial charge is 0.743 e. The molecule has 200 valence electrons. The molecule has 2 aliphatic rings. The van der Waals surface area contributed by atoms with Crippen molar-refractivity contribution in [1.29, 1.82) is 0 Å². The maximum atomic E-state index is 14.2. The standard InChI is InChI=1S/C29H30O6S3/c1-27(2)25-18-19-28(27,3)26(30)29(25,38(33,34)35)36(22-8-6-5-7-9-22)23-14-10-20(11-15-23)21-12-16-24(17-13-21)37(4,31)32/h5-17,25H,18-19H2,1-4H3. The first kappa shape index (κ1) is 27.1. The zero-order chi connectivity index (χ0) is 27.7. The molecule has 5 rings (SSSR count). The van der Waals surface area contributed by atoms with Gasteiger partial charge in [-0.1, -0.05) is 51.1 Å². The molecule has 9 heteroatoms. The van der Waals surface area contributed by atoms with E-state index in [1.807, 2.05) is 39.0 Å². The fourth-order valence-corrected chi connectivity index (χ4v) is 12.6. The lowest BCUT2D eigenvalue weighted by Crippen LogP contribution is -2.58. The Morgan fingerprint density at radius 1 is 0.789 bits per heavy atom. The normalized spacial score (nSPS) is 27.4. The van der Waals surface area contributed by atoms with Crippen LogP contribution in [0.5, 0.6) is 0 Å². The van der Waals surface area contributed by atoms with Crippen LogP contribution >= 0.6 is 0 Å². The molecular formula is C29H30O6S3. The number of rotatable bonds is 6.